The third-order valence-electron chi connectivity index (χ3n) is 4.87. The third kappa shape index (κ3) is 2.89. The van der Waals surface area contributed by atoms with E-state index in [2.05, 4.69) is 78.2 Å². The summed E-state index contributed by atoms with van der Waals surface area (Å²) in [5, 5.41) is 3.52. The molecule has 0 radical (unpaired) electrons. The van der Waals surface area contributed by atoms with Gasteiger partial charge in [0.2, 0.25) is 0 Å². The molecule has 0 heterocycles. The summed E-state index contributed by atoms with van der Waals surface area (Å²) < 4.78 is 0. The summed E-state index contributed by atoms with van der Waals surface area (Å²) in [4.78, 5) is 0. The van der Waals surface area contributed by atoms with E-state index in [9.17, 15) is 0 Å². The number of nitrogens with one attached hydrogen (secondary N) is 1. The van der Waals surface area contributed by atoms with Crippen molar-refractivity contribution in [3.8, 4) is 0 Å². The van der Waals surface area contributed by atoms with Crippen LogP contribution >= 0.6 is 0 Å². The van der Waals surface area contributed by atoms with Gasteiger partial charge in [0, 0.05) is 0 Å². The van der Waals surface area contributed by atoms with E-state index in [0.717, 1.165) is 0 Å². The largest absolute Gasteiger partial charge is 0.309 e. The van der Waals surface area contributed by atoms with Crippen LogP contribution in [-0.4, -0.2) is 7.05 Å². The first-order valence-corrected chi connectivity index (χ1v) is 7.68. The van der Waals surface area contributed by atoms with Crippen LogP contribution in [-0.2, 0) is 0 Å². The summed E-state index contributed by atoms with van der Waals surface area (Å²) >= 11 is 0. The zero-order chi connectivity index (χ0) is 15.7. The molecular formula is C20H27N. The molecule has 0 saturated carbocycles. The van der Waals surface area contributed by atoms with Crippen LogP contribution in [0.15, 0.2) is 24.3 Å². The van der Waals surface area contributed by atoms with Crippen molar-refractivity contribution < 1.29 is 0 Å². The normalized spacial score (nSPS) is 12.5. The maximum Gasteiger partial charge on any atom is 0.0579 e. The Morgan fingerprint density at radius 1 is 0.714 bits per heavy atom. The number of hydrogen-bond donors (Lipinski definition) is 1. The standard InChI is InChI=1S/C20H27N/c1-12-8-9-18(11-13(12)2)20(21-7)19-16(5)14(3)10-15(4)17(19)6/h8-11,20-21H,1-7H3. The van der Waals surface area contributed by atoms with E-state index in [1.165, 1.54) is 44.5 Å². The van der Waals surface area contributed by atoms with Crippen molar-refractivity contribution in [1.82, 2.24) is 5.32 Å². The van der Waals surface area contributed by atoms with Gasteiger partial charge in [0.15, 0.2) is 0 Å². The van der Waals surface area contributed by atoms with Crippen LogP contribution in [0.4, 0.5) is 0 Å². The van der Waals surface area contributed by atoms with E-state index in [-0.39, 0.29) is 6.04 Å². The molecular weight excluding hydrogens is 254 g/mol. The molecule has 1 heteroatoms. The van der Waals surface area contributed by atoms with Gasteiger partial charge in [0.25, 0.3) is 0 Å². The first kappa shape index (κ1) is 15.8. The summed E-state index contributed by atoms with van der Waals surface area (Å²) in [6.07, 6.45) is 0. The number of rotatable bonds is 3. The van der Waals surface area contributed by atoms with Gasteiger partial charge in [-0.1, -0.05) is 24.3 Å². The van der Waals surface area contributed by atoms with Crippen molar-refractivity contribution in [2.24, 2.45) is 0 Å². The fourth-order valence-corrected chi connectivity index (χ4v) is 3.10. The lowest BCUT2D eigenvalue weighted by molar-refractivity contribution is 0.680. The fraction of sp³-hybridized carbons (Fsp3) is 0.400. The van der Waals surface area contributed by atoms with Crippen molar-refractivity contribution in [2.75, 3.05) is 7.05 Å². The van der Waals surface area contributed by atoms with Crippen molar-refractivity contribution in [3.63, 3.8) is 0 Å². The van der Waals surface area contributed by atoms with Crippen LogP contribution < -0.4 is 5.32 Å². The molecule has 0 aliphatic rings. The lowest BCUT2D eigenvalue weighted by Gasteiger charge is -2.25. The molecule has 2 aromatic carbocycles. The van der Waals surface area contributed by atoms with Gasteiger partial charge < -0.3 is 5.32 Å². The number of benzene rings is 2. The fourth-order valence-electron chi connectivity index (χ4n) is 3.10. The maximum absolute atomic E-state index is 3.52. The minimum atomic E-state index is 0.253. The SMILES string of the molecule is CNC(c1ccc(C)c(C)c1)c1c(C)c(C)cc(C)c1C. The minimum absolute atomic E-state index is 0.253. The minimum Gasteiger partial charge on any atom is -0.309 e. The molecule has 1 unspecified atom stereocenters. The Morgan fingerprint density at radius 2 is 1.29 bits per heavy atom. The summed E-state index contributed by atoms with van der Waals surface area (Å²) in [6.45, 7) is 13.2. The summed E-state index contributed by atoms with van der Waals surface area (Å²) in [5.74, 6) is 0. The van der Waals surface area contributed by atoms with Gasteiger partial charge >= 0.3 is 0 Å². The molecule has 1 atom stereocenters. The Balaban J connectivity index is 2.64. The third-order valence-corrected chi connectivity index (χ3v) is 4.87. The molecule has 112 valence electrons. The predicted molar refractivity (Wildman–Crippen MR) is 92.2 cm³/mol. The molecule has 0 bridgehead atoms. The second-order valence-electron chi connectivity index (χ2n) is 6.24. The second kappa shape index (κ2) is 6.03. The summed E-state index contributed by atoms with van der Waals surface area (Å²) in [7, 11) is 2.05. The molecule has 0 saturated heterocycles. The Hall–Kier alpha value is -1.60. The lowest BCUT2D eigenvalue weighted by Crippen LogP contribution is -2.21. The van der Waals surface area contributed by atoms with Crippen molar-refractivity contribution in [3.05, 3.63) is 68.8 Å². The van der Waals surface area contributed by atoms with Gasteiger partial charge in [-0.3, -0.25) is 0 Å². The van der Waals surface area contributed by atoms with E-state index in [1.54, 1.807) is 0 Å². The Labute approximate surface area is 129 Å². The molecule has 0 aromatic heterocycles. The highest BCUT2D eigenvalue weighted by Crippen LogP contribution is 2.32. The quantitative estimate of drug-likeness (QED) is 0.848. The molecule has 0 aliphatic heterocycles. The van der Waals surface area contributed by atoms with Gasteiger partial charge in [-0.05, 0) is 93.1 Å². The van der Waals surface area contributed by atoms with Crippen molar-refractivity contribution >= 4 is 0 Å². The van der Waals surface area contributed by atoms with Crippen LogP contribution in [0.3, 0.4) is 0 Å². The van der Waals surface area contributed by atoms with Crippen molar-refractivity contribution in [2.45, 2.75) is 47.6 Å². The van der Waals surface area contributed by atoms with E-state index in [4.69, 9.17) is 0 Å². The molecule has 1 N–H and O–H groups in total. The highest BCUT2D eigenvalue weighted by molar-refractivity contribution is 5.49. The summed E-state index contributed by atoms with van der Waals surface area (Å²) in [5.41, 5.74) is 11.0. The molecule has 21 heavy (non-hydrogen) atoms. The molecule has 1 nitrogen and oxygen atoms in total. The highest BCUT2D eigenvalue weighted by atomic mass is 14.9. The number of hydrogen-bond acceptors (Lipinski definition) is 1. The molecule has 2 rings (SSSR count). The Kier molecular flexibility index (Phi) is 4.53. The first-order chi connectivity index (χ1) is 9.86. The maximum atomic E-state index is 3.52. The molecule has 0 amide bonds. The van der Waals surface area contributed by atoms with Crippen molar-refractivity contribution in [1.29, 1.82) is 0 Å². The van der Waals surface area contributed by atoms with Gasteiger partial charge in [0.05, 0.1) is 6.04 Å². The average Bonchev–Trinajstić information content (AvgIpc) is 2.44. The van der Waals surface area contributed by atoms with Gasteiger partial charge in [-0.2, -0.15) is 0 Å². The number of aryl methyl sites for hydroxylation is 4. The zero-order valence-corrected chi connectivity index (χ0v) is 14.4. The van der Waals surface area contributed by atoms with Crippen LogP contribution in [0.2, 0.25) is 0 Å². The molecule has 2 aromatic rings. The van der Waals surface area contributed by atoms with Crippen LogP contribution in [0.1, 0.15) is 50.5 Å². The Morgan fingerprint density at radius 3 is 1.76 bits per heavy atom. The zero-order valence-electron chi connectivity index (χ0n) is 14.4. The highest BCUT2D eigenvalue weighted by Gasteiger charge is 2.19. The lowest BCUT2D eigenvalue weighted by atomic mass is 9.86. The molecule has 0 aliphatic carbocycles. The molecule has 0 fully saturated rings. The monoisotopic (exact) mass is 281 g/mol. The summed E-state index contributed by atoms with van der Waals surface area (Å²) in [6, 6.07) is 9.33. The van der Waals surface area contributed by atoms with Gasteiger partial charge in [0.1, 0.15) is 0 Å². The van der Waals surface area contributed by atoms with Gasteiger partial charge in [-0.25, -0.2) is 0 Å². The Bertz CT molecular complexity index is 642. The van der Waals surface area contributed by atoms with E-state index in [1.807, 2.05) is 0 Å². The van der Waals surface area contributed by atoms with E-state index in [0.29, 0.717) is 0 Å². The van der Waals surface area contributed by atoms with E-state index < -0.39 is 0 Å². The topological polar surface area (TPSA) is 12.0 Å². The first-order valence-electron chi connectivity index (χ1n) is 7.68. The average molecular weight is 281 g/mol. The van der Waals surface area contributed by atoms with Gasteiger partial charge in [-0.15, -0.1) is 0 Å². The smallest absolute Gasteiger partial charge is 0.0579 e. The van der Waals surface area contributed by atoms with Crippen LogP contribution in [0.5, 0.6) is 0 Å². The second-order valence-corrected chi connectivity index (χ2v) is 6.24. The molecule has 0 spiro atoms. The van der Waals surface area contributed by atoms with Crippen LogP contribution in [0, 0.1) is 41.5 Å². The predicted octanol–water partition coefficient (Wildman–Crippen LogP) is 4.85. The van der Waals surface area contributed by atoms with Crippen LogP contribution in [0.25, 0.3) is 0 Å². The van der Waals surface area contributed by atoms with E-state index >= 15 is 0 Å².